The number of aromatic hydroxyl groups is 1. The number of carbonyl (C=O) groups excluding carboxylic acids is 1. The molecule has 0 aliphatic rings. The summed E-state index contributed by atoms with van der Waals surface area (Å²) in [7, 11) is 2.75. The molecular formula is C11H12O4. The van der Waals surface area contributed by atoms with E-state index in [1.54, 1.807) is 12.1 Å². The predicted molar refractivity (Wildman–Crippen MR) is 55.1 cm³/mol. The maximum atomic E-state index is 11.4. The number of esters is 1. The van der Waals surface area contributed by atoms with E-state index in [9.17, 15) is 4.79 Å². The monoisotopic (exact) mass is 208 g/mol. The molecule has 80 valence electrons. The molecule has 1 aromatic rings. The molecule has 0 amide bonds. The zero-order valence-electron chi connectivity index (χ0n) is 8.56. The molecule has 0 aromatic heterocycles. The maximum Gasteiger partial charge on any atom is 0.341 e. The molecular weight excluding hydrogens is 196 g/mol. The minimum atomic E-state index is -0.484. The minimum Gasteiger partial charge on any atom is -0.508 e. The summed E-state index contributed by atoms with van der Waals surface area (Å²) >= 11 is 0. The number of carbonyl (C=O) groups is 1. The van der Waals surface area contributed by atoms with Gasteiger partial charge < -0.3 is 14.6 Å². The lowest BCUT2D eigenvalue weighted by Gasteiger charge is -2.05. The minimum absolute atomic E-state index is 0.139. The third-order valence-corrected chi connectivity index (χ3v) is 1.82. The second kappa shape index (κ2) is 5.05. The van der Waals surface area contributed by atoms with Crippen LogP contribution in [0, 0.1) is 0 Å². The Morgan fingerprint density at radius 1 is 1.27 bits per heavy atom. The van der Waals surface area contributed by atoms with Crippen molar-refractivity contribution in [1.82, 2.24) is 0 Å². The van der Waals surface area contributed by atoms with Gasteiger partial charge in [-0.2, -0.15) is 0 Å². The summed E-state index contributed by atoms with van der Waals surface area (Å²) < 4.78 is 9.39. The molecule has 0 fully saturated rings. The smallest absolute Gasteiger partial charge is 0.341 e. The average Bonchev–Trinajstić information content (AvgIpc) is 2.26. The lowest BCUT2D eigenvalue weighted by atomic mass is 10.1. The number of ether oxygens (including phenoxy) is 2. The standard InChI is InChI=1S/C11H12O4/c1-14-7-10(11(13)15-2)8-3-5-9(12)6-4-8/h3-7,12H,1-2H3/b10-7-. The van der Waals surface area contributed by atoms with Gasteiger partial charge in [-0.15, -0.1) is 0 Å². The first-order valence-corrected chi connectivity index (χ1v) is 4.29. The fourth-order valence-electron chi connectivity index (χ4n) is 1.10. The van der Waals surface area contributed by atoms with Crippen molar-refractivity contribution in [2.24, 2.45) is 0 Å². The van der Waals surface area contributed by atoms with Gasteiger partial charge in [-0.25, -0.2) is 4.79 Å². The molecule has 0 bridgehead atoms. The lowest BCUT2D eigenvalue weighted by Crippen LogP contribution is -2.04. The van der Waals surface area contributed by atoms with Crippen LogP contribution in [0.2, 0.25) is 0 Å². The predicted octanol–water partition coefficient (Wildman–Crippen LogP) is 1.55. The van der Waals surface area contributed by atoms with E-state index in [4.69, 9.17) is 9.84 Å². The highest BCUT2D eigenvalue weighted by molar-refractivity contribution is 6.16. The Bertz CT molecular complexity index is 365. The van der Waals surface area contributed by atoms with Gasteiger partial charge in [0.15, 0.2) is 0 Å². The first-order chi connectivity index (χ1) is 7.19. The molecule has 0 aliphatic heterocycles. The summed E-state index contributed by atoms with van der Waals surface area (Å²) in [6.07, 6.45) is 1.30. The van der Waals surface area contributed by atoms with Gasteiger partial charge in [-0.05, 0) is 17.7 Å². The highest BCUT2D eigenvalue weighted by atomic mass is 16.5. The number of rotatable bonds is 3. The van der Waals surface area contributed by atoms with Crippen LogP contribution in [0.4, 0.5) is 0 Å². The number of methoxy groups -OCH3 is 2. The topological polar surface area (TPSA) is 55.8 Å². The Hall–Kier alpha value is -1.97. The van der Waals surface area contributed by atoms with E-state index in [1.807, 2.05) is 0 Å². The van der Waals surface area contributed by atoms with E-state index in [1.165, 1.54) is 32.6 Å². The highest BCUT2D eigenvalue weighted by Gasteiger charge is 2.12. The summed E-state index contributed by atoms with van der Waals surface area (Å²) in [6.45, 7) is 0. The van der Waals surface area contributed by atoms with Crippen molar-refractivity contribution in [2.75, 3.05) is 14.2 Å². The number of hydrogen-bond donors (Lipinski definition) is 1. The Kier molecular flexibility index (Phi) is 3.74. The van der Waals surface area contributed by atoms with E-state index in [0.717, 1.165) is 0 Å². The van der Waals surface area contributed by atoms with E-state index >= 15 is 0 Å². The van der Waals surface area contributed by atoms with E-state index in [2.05, 4.69) is 4.74 Å². The summed E-state index contributed by atoms with van der Waals surface area (Å²) in [4.78, 5) is 11.4. The fourth-order valence-corrected chi connectivity index (χ4v) is 1.10. The summed E-state index contributed by atoms with van der Waals surface area (Å²) in [5.74, 6) is -0.345. The Balaban J connectivity index is 3.05. The third-order valence-electron chi connectivity index (χ3n) is 1.82. The van der Waals surface area contributed by atoms with Crippen LogP contribution in [-0.4, -0.2) is 25.3 Å². The van der Waals surface area contributed by atoms with Crippen molar-refractivity contribution >= 4 is 11.5 Å². The Labute approximate surface area is 87.7 Å². The van der Waals surface area contributed by atoms with Gasteiger partial charge in [0.25, 0.3) is 0 Å². The molecule has 0 unspecified atom stereocenters. The Morgan fingerprint density at radius 3 is 2.33 bits per heavy atom. The number of phenolic OH excluding ortho intramolecular Hbond substituents is 1. The van der Waals surface area contributed by atoms with Gasteiger partial charge >= 0.3 is 5.97 Å². The van der Waals surface area contributed by atoms with Crippen molar-refractivity contribution in [3.8, 4) is 5.75 Å². The van der Waals surface area contributed by atoms with Crippen LogP contribution in [0.25, 0.3) is 5.57 Å². The van der Waals surface area contributed by atoms with Crippen LogP contribution in [0.15, 0.2) is 30.5 Å². The highest BCUT2D eigenvalue weighted by Crippen LogP contribution is 2.18. The average molecular weight is 208 g/mol. The molecule has 1 aromatic carbocycles. The molecule has 0 aliphatic carbocycles. The van der Waals surface area contributed by atoms with Gasteiger partial charge in [0, 0.05) is 0 Å². The summed E-state index contributed by atoms with van der Waals surface area (Å²) in [5, 5.41) is 9.10. The maximum absolute atomic E-state index is 11.4. The molecule has 0 saturated heterocycles. The normalized spacial score (nSPS) is 10.9. The van der Waals surface area contributed by atoms with Crippen molar-refractivity contribution in [2.45, 2.75) is 0 Å². The van der Waals surface area contributed by atoms with Gasteiger partial charge in [-0.3, -0.25) is 0 Å². The second-order valence-corrected chi connectivity index (χ2v) is 2.81. The van der Waals surface area contributed by atoms with Gasteiger partial charge in [0.1, 0.15) is 11.3 Å². The fraction of sp³-hybridized carbons (Fsp3) is 0.182. The molecule has 0 saturated carbocycles. The summed E-state index contributed by atoms with van der Waals surface area (Å²) in [6, 6.07) is 6.19. The van der Waals surface area contributed by atoms with Crippen LogP contribution in [-0.2, 0) is 14.3 Å². The number of benzene rings is 1. The molecule has 0 spiro atoms. The quantitative estimate of drug-likeness (QED) is 0.465. The Morgan fingerprint density at radius 2 is 1.87 bits per heavy atom. The van der Waals surface area contributed by atoms with Crippen LogP contribution in [0.3, 0.4) is 0 Å². The van der Waals surface area contributed by atoms with Gasteiger partial charge in [0.2, 0.25) is 0 Å². The van der Waals surface area contributed by atoms with Gasteiger partial charge in [0.05, 0.1) is 20.5 Å². The zero-order chi connectivity index (χ0) is 11.3. The number of hydrogen-bond acceptors (Lipinski definition) is 4. The van der Waals surface area contributed by atoms with Crippen molar-refractivity contribution < 1.29 is 19.4 Å². The van der Waals surface area contributed by atoms with Crippen LogP contribution in [0.1, 0.15) is 5.56 Å². The van der Waals surface area contributed by atoms with Crippen molar-refractivity contribution in [3.63, 3.8) is 0 Å². The molecule has 4 nitrogen and oxygen atoms in total. The third kappa shape index (κ3) is 2.74. The molecule has 1 rings (SSSR count). The number of phenols is 1. The molecule has 1 N–H and O–H groups in total. The van der Waals surface area contributed by atoms with Crippen molar-refractivity contribution in [1.29, 1.82) is 0 Å². The molecule has 0 radical (unpaired) electrons. The van der Waals surface area contributed by atoms with Crippen LogP contribution in [0.5, 0.6) is 5.75 Å². The first kappa shape index (κ1) is 11.1. The largest absolute Gasteiger partial charge is 0.508 e. The van der Waals surface area contributed by atoms with E-state index < -0.39 is 5.97 Å². The molecule has 4 heteroatoms. The lowest BCUT2D eigenvalue weighted by molar-refractivity contribution is -0.133. The van der Waals surface area contributed by atoms with Crippen LogP contribution < -0.4 is 0 Å². The van der Waals surface area contributed by atoms with Crippen LogP contribution >= 0.6 is 0 Å². The molecule has 0 heterocycles. The van der Waals surface area contributed by atoms with Gasteiger partial charge in [-0.1, -0.05) is 12.1 Å². The van der Waals surface area contributed by atoms with E-state index in [0.29, 0.717) is 11.1 Å². The van der Waals surface area contributed by atoms with E-state index in [-0.39, 0.29) is 5.75 Å². The summed E-state index contributed by atoms with van der Waals surface area (Å²) in [5.41, 5.74) is 0.932. The zero-order valence-corrected chi connectivity index (χ0v) is 8.56. The molecule has 0 atom stereocenters. The van der Waals surface area contributed by atoms with Crippen molar-refractivity contribution in [3.05, 3.63) is 36.1 Å². The molecule has 15 heavy (non-hydrogen) atoms. The first-order valence-electron chi connectivity index (χ1n) is 4.29. The second-order valence-electron chi connectivity index (χ2n) is 2.81. The SMILES string of the molecule is CO/C=C(\C(=O)OC)c1ccc(O)cc1.